The second-order valence-corrected chi connectivity index (χ2v) is 26.1. The second kappa shape index (κ2) is 35.9. The number of nitrogens with zero attached hydrogens (tertiary/aromatic N) is 3. The van der Waals surface area contributed by atoms with E-state index in [-0.39, 0.29) is 66.1 Å². The van der Waals surface area contributed by atoms with Gasteiger partial charge in [-0.2, -0.15) is 0 Å². The number of aryl methyl sites for hydroxylation is 1. The van der Waals surface area contributed by atoms with Crippen LogP contribution in [0.25, 0.3) is 10.4 Å². The third-order valence-corrected chi connectivity index (χ3v) is 19.0. The summed E-state index contributed by atoms with van der Waals surface area (Å²) in [5.74, 6) is 0. The van der Waals surface area contributed by atoms with Crippen molar-refractivity contribution in [2.24, 2.45) is 5.11 Å². The summed E-state index contributed by atoms with van der Waals surface area (Å²) in [6.45, 7) is 3.28. The van der Waals surface area contributed by atoms with E-state index in [0.29, 0.717) is 0 Å². The first-order chi connectivity index (χ1) is 48.9. The highest BCUT2D eigenvalue weighted by atomic mass is 32.2. The molecule has 4 saturated heterocycles. The Morgan fingerprint density at radius 3 is 1.16 bits per heavy atom. The molecule has 0 aromatic heterocycles. The molecule has 0 amide bonds. The maximum Gasteiger partial charge on any atom is 0.187 e. The van der Waals surface area contributed by atoms with Gasteiger partial charge in [0.15, 0.2) is 18.9 Å². The number of ether oxygens (including phenoxy) is 14. The van der Waals surface area contributed by atoms with Gasteiger partial charge in [0.2, 0.25) is 0 Å². The van der Waals surface area contributed by atoms with Gasteiger partial charge in [-0.15, -0.1) is 0 Å². The second-order valence-electron chi connectivity index (χ2n) is 24.9. The summed E-state index contributed by atoms with van der Waals surface area (Å²) in [7, 11) is 0. The first kappa shape index (κ1) is 69.6. The molecule has 0 spiro atoms. The molecule has 4 aliphatic rings. The van der Waals surface area contributed by atoms with Crippen LogP contribution in [0.4, 0.5) is 0 Å². The highest BCUT2D eigenvalue weighted by Crippen LogP contribution is 2.42. The summed E-state index contributed by atoms with van der Waals surface area (Å²) >= 11 is 1.44. The molecule has 4 fully saturated rings. The number of hydrogen-bond acceptors (Lipinski definition) is 16. The molecule has 9 aromatic rings. The number of rotatable bonds is 31. The van der Waals surface area contributed by atoms with Gasteiger partial charge in [-0.25, -0.2) is 0 Å². The van der Waals surface area contributed by atoms with Crippen LogP contribution >= 0.6 is 11.8 Å². The molecule has 13 rings (SSSR count). The fraction of sp³-hybridized carbons (Fsp3) is 0.333. The molecule has 9 aromatic carbocycles. The molecule has 99 heavy (non-hydrogen) atoms. The Balaban J connectivity index is 0.875. The Morgan fingerprint density at radius 2 is 0.727 bits per heavy atom. The van der Waals surface area contributed by atoms with Crippen molar-refractivity contribution < 1.29 is 66.3 Å². The van der Waals surface area contributed by atoms with E-state index in [1.807, 2.05) is 274 Å². The molecule has 0 radical (unpaired) electrons. The molecular weight excluding hydrogens is 1270 g/mol. The van der Waals surface area contributed by atoms with E-state index in [9.17, 15) is 5.53 Å². The average Bonchev–Trinajstić information content (AvgIpc) is 0.782. The minimum Gasteiger partial charge on any atom is -0.370 e. The van der Waals surface area contributed by atoms with E-state index in [0.717, 1.165) is 55.0 Å². The Hall–Kier alpha value is -7.92. The zero-order chi connectivity index (χ0) is 67.2. The van der Waals surface area contributed by atoms with Crippen LogP contribution in [0.2, 0.25) is 0 Å². The van der Waals surface area contributed by atoms with Gasteiger partial charge in [0.1, 0.15) is 72.5 Å². The van der Waals surface area contributed by atoms with Crippen LogP contribution in [-0.2, 0) is 113 Å². The third-order valence-electron chi connectivity index (χ3n) is 17.9. The van der Waals surface area contributed by atoms with Crippen molar-refractivity contribution in [2.45, 2.75) is 156 Å². The lowest BCUT2D eigenvalue weighted by Gasteiger charge is -2.50. The van der Waals surface area contributed by atoms with E-state index < -0.39 is 97.5 Å². The lowest BCUT2D eigenvalue weighted by atomic mass is 9.96. The van der Waals surface area contributed by atoms with E-state index in [2.05, 4.69) is 10.0 Å². The van der Waals surface area contributed by atoms with Crippen molar-refractivity contribution in [2.75, 3.05) is 19.8 Å². The van der Waals surface area contributed by atoms with Gasteiger partial charge in [0.05, 0.1) is 72.2 Å². The molecule has 0 bridgehead atoms. The minimum atomic E-state index is -1.20. The highest BCUT2D eigenvalue weighted by molar-refractivity contribution is 7.99. The lowest BCUT2D eigenvalue weighted by molar-refractivity contribution is -0.380. The molecule has 0 unspecified atom stereocenters. The van der Waals surface area contributed by atoms with Gasteiger partial charge in [-0.1, -0.05) is 277 Å². The standard InChI is InChI=1S/C81H83N3O14S/c1-56-42-44-65(45-43-56)99-81-69(83-84-82)73(87-48-59-30-14-4-15-31-59)70(85-46-57-26-10-2-11-27-57)67(97-81)54-94-79-76(90-51-62-36-20-7-21-37-62)74(88-49-60-32-16-5-17-33-60)71(86-47-58-28-12-3-13-29-58)66(95-79)53-93-80-77(91-52-63-38-22-8-23-39-63)75(89-50-61-34-18-6-19-35-61)72-68(96-80)55-92-78(98-72)64-40-24-9-25-41-64/h2-45,66-81H,46-55H2,1H3/t66-,67-,68-,69-,70+,71+,72+,73-,74+,75+,76-,77-,78+,79-,80+,81+/m1/s1. The summed E-state index contributed by atoms with van der Waals surface area (Å²) in [6, 6.07) is 86.8. The predicted octanol–water partition coefficient (Wildman–Crippen LogP) is 15.2. The Kier molecular flexibility index (Phi) is 25.2. The number of fused-ring (bicyclic) bond motifs is 1. The molecule has 18 heteroatoms. The van der Waals surface area contributed by atoms with Crippen molar-refractivity contribution in [3.8, 4) is 0 Å². The van der Waals surface area contributed by atoms with Crippen molar-refractivity contribution in [1.29, 1.82) is 0 Å². The molecule has 17 nitrogen and oxygen atoms in total. The molecule has 512 valence electrons. The van der Waals surface area contributed by atoms with Crippen molar-refractivity contribution in [3.63, 3.8) is 0 Å². The molecule has 0 N–H and O–H groups in total. The van der Waals surface area contributed by atoms with Gasteiger partial charge in [0, 0.05) is 15.4 Å². The van der Waals surface area contributed by atoms with Crippen LogP contribution in [0.5, 0.6) is 0 Å². The fourth-order valence-electron chi connectivity index (χ4n) is 12.7. The number of thioether (sulfide) groups is 1. The fourth-order valence-corrected chi connectivity index (χ4v) is 13.8. The topological polar surface area (TPSA) is 178 Å². The maximum absolute atomic E-state index is 10.4. The molecule has 0 saturated carbocycles. The van der Waals surface area contributed by atoms with Crippen molar-refractivity contribution >= 4 is 11.8 Å². The van der Waals surface area contributed by atoms with Gasteiger partial charge in [-0.05, 0) is 63.5 Å². The maximum atomic E-state index is 10.4. The summed E-state index contributed by atoms with van der Waals surface area (Å²) in [5.41, 5.74) is 18.1. The number of azide groups is 1. The average molecular weight is 1350 g/mol. The highest BCUT2D eigenvalue weighted by Gasteiger charge is 2.55. The smallest absolute Gasteiger partial charge is 0.187 e. The van der Waals surface area contributed by atoms with E-state index in [1.165, 1.54) is 11.8 Å². The third kappa shape index (κ3) is 19.1. The zero-order valence-corrected chi connectivity index (χ0v) is 56.0. The van der Waals surface area contributed by atoms with Gasteiger partial charge < -0.3 is 66.3 Å². The van der Waals surface area contributed by atoms with Crippen LogP contribution in [0.15, 0.2) is 277 Å². The Morgan fingerprint density at radius 1 is 0.374 bits per heavy atom. The minimum absolute atomic E-state index is 0.127. The van der Waals surface area contributed by atoms with E-state index in [1.54, 1.807) is 0 Å². The first-order valence-electron chi connectivity index (χ1n) is 33.8. The Labute approximate surface area is 583 Å². The van der Waals surface area contributed by atoms with Crippen LogP contribution in [-0.4, -0.2) is 111 Å². The normalized spacial score (nSPS) is 26.8. The predicted molar refractivity (Wildman–Crippen MR) is 373 cm³/mol. The van der Waals surface area contributed by atoms with Gasteiger partial charge in [0.25, 0.3) is 0 Å². The monoisotopic (exact) mass is 1350 g/mol. The summed E-state index contributed by atoms with van der Waals surface area (Å²) in [5, 5.41) is 4.46. The Bertz CT molecular complexity index is 3850. The number of hydrogen-bond donors (Lipinski definition) is 0. The van der Waals surface area contributed by atoms with E-state index in [4.69, 9.17) is 66.3 Å². The lowest BCUT2D eigenvalue weighted by Crippen LogP contribution is -2.65. The number of benzene rings is 9. The molecular formula is C81H83N3O14S. The molecule has 4 aliphatic heterocycles. The largest absolute Gasteiger partial charge is 0.370 e. The first-order valence-corrected chi connectivity index (χ1v) is 34.7. The quantitative estimate of drug-likeness (QED) is 0.0227. The zero-order valence-electron chi connectivity index (χ0n) is 55.2. The summed E-state index contributed by atoms with van der Waals surface area (Å²) in [6.07, 6.45) is -12.2. The molecule has 4 heterocycles. The molecule has 16 atom stereocenters. The van der Waals surface area contributed by atoms with Crippen molar-refractivity contribution in [3.05, 3.63) is 327 Å². The molecule has 0 aliphatic carbocycles. The summed E-state index contributed by atoms with van der Waals surface area (Å²) in [4.78, 5) is 4.32. The van der Waals surface area contributed by atoms with Gasteiger partial charge in [-0.3, -0.25) is 0 Å². The van der Waals surface area contributed by atoms with Crippen LogP contribution < -0.4 is 0 Å². The van der Waals surface area contributed by atoms with Crippen molar-refractivity contribution in [1.82, 2.24) is 0 Å². The SMILES string of the molecule is Cc1ccc(S[C@@H]2O[C@H](CO[C@@H]3O[C@H](CO[C@H]4O[C@@H]5CO[C@H](c6ccccc6)O[C@@H]5[C@H](OCc5ccccc5)[C@H]4OCc4ccccc4)[C@H](OCc4ccccc4)[C@H](OCc4ccccc4)[C@H]3OCc3ccccc3)[C@H](OCc3ccccc3)[C@H](OCc3ccccc3)[C@H]2N=[N+]=[N-])cc1. The van der Waals surface area contributed by atoms with Crippen LogP contribution in [0.3, 0.4) is 0 Å². The summed E-state index contributed by atoms with van der Waals surface area (Å²) < 4.78 is 99.6. The van der Waals surface area contributed by atoms with Crippen LogP contribution in [0.1, 0.15) is 56.4 Å². The van der Waals surface area contributed by atoms with Crippen LogP contribution in [0, 0.1) is 6.92 Å². The van der Waals surface area contributed by atoms with E-state index >= 15 is 0 Å². The van der Waals surface area contributed by atoms with Gasteiger partial charge >= 0.3 is 0 Å².